The molecule has 122 valence electrons. The molecule has 1 aromatic heterocycles. The molecule has 23 heavy (non-hydrogen) atoms. The largest absolute Gasteiger partial charge is 0.484 e. The van der Waals surface area contributed by atoms with Gasteiger partial charge in [0.2, 0.25) is 0 Å². The number of rotatable bonds is 5. The molecule has 3 rings (SSSR count). The predicted octanol–water partition coefficient (Wildman–Crippen LogP) is 1.13. The summed E-state index contributed by atoms with van der Waals surface area (Å²) < 4.78 is 10.7. The first kappa shape index (κ1) is 15.4. The van der Waals surface area contributed by atoms with Crippen LogP contribution >= 0.6 is 0 Å². The van der Waals surface area contributed by atoms with Gasteiger partial charge in [0.1, 0.15) is 5.75 Å². The number of non-ortho nitro benzene ring substituents is 1. The molecule has 1 N–H and O–H groups in total. The maximum Gasteiger partial charge on any atom is 0.269 e. The highest BCUT2D eigenvalue weighted by Gasteiger charge is 2.25. The number of hydrogen-bond donors (Lipinski definition) is 1. The first-order valence-electron chi connectivity index (χ1n) is 7.24. The molecule has 9 heteroatoms. The smallest absolute Gasteiger partial charge is 0.269 e. The predicted molar refractivity (Wildman–Crippen MR) is 80.0 cm³/mol. The van der Waals surface area contributed by atoms with Crippen LogP contribution in [-0.4, -0.2) is 46.6 Å². The molecule has 1 unspecified atom stereocenters. The first-order valence-corrected chi connectivity index (χ1v) is 7.24. The van der Waals surface area contributed by atoms with Crippen molar-refractivity contribution in [2.45, 2.75) is 12.6 Å². The second-order valence-corrected chi connectivity index (χ2v) is 5.29. The van der Waals surface area contributed by atoms with Gasteiger partial charge in [0, 0.05) is 31.8 Å². The van der Waals surface area contributed by atoms with Crippen molar-refractivity contribution < 1.29 is 14.2 Å². The minimum atomic E-state index is -0.456. The van der Waals surface area contributed by atoms with Crippen molar-refractivity contribution >= 4 is 5.69 Å². The molecule has 1 aromatic carbocycles. The number of piperazine rings is 1. The Kier molecular flexibility index (Phi) is 4.49. The van der Waals surface area contributed by atoms with Gasteiger partial charge in [-0.25, -0.2) is 0 Å². The Balaban J connectivity index is 1.59. The van der Waals surface area contributed by atoms with Crippen molar-refractivity contribution in [2.24, 2.45) is 0 Å². The molecule has 0 amide bonds. The van der Waals surface area contributed by atoms with E-state index < -0.39 is 4.92 Å². The summed E-state index contributed by atoms with van der Waals surface area (Å²) in [6.07, 6.45) is 0. The lowest BCUT2D eigenvalue weighted by atomic mass is 10.2. The number of nitro groups is 1. The molecule has 2 aromatic rings. The van der Waals surface area contributed by atoms with Crippen LogP contribution < -0.4 is 10.1 Å². The molecule has 1 atom stereocenters. The van der Waals surface area contributed by atoms with E-state index in [4.69, 9.17) is 9.26 Å². The van der Waals surface area contributed by atoms with Crippen molar-refractivity contribution in [1.82, 2.24) is 20.4 Å². The third-order valence-corrected chi connectivity index (χ3v) is 3.70. The van der Waals surface area contributed by atoms with Crippen LogP contribution in [-0.2, 0) is 6.61 Å². The molecule has 9 nitrogen and oxygen atoms in total. The van der Waals surface area contributed by atoms with Gasteiger partial charge in [0.05, 0.1) is 11.0 Å². The number of nitrogens with zero attached hydrogens (tertiary/aromatic N) is 4. The Hall–Kier alpha value is -2.52. The molecule has 1 fully saturated rings. The van der Waals surface area contributed by atoms with Crippen molar-refractivity contribution in [3.8, 4) is 5.75 Å². The summed E-state index contributed by atoms with van der Waals surface area (Å²) in [5, 5.41) is 17.9. The molecule has 0 spiro atoms. The number of nitro benzene ring substituents is 1. The average molecular weight is 319 g/mol. The summed E-state index contributed by atoms with van der Waals surface area (Å²) in [6.45, 7) is 2.77. The third-order valence-electron chi connectivity index (χ3n) is 3.70. The van der Waals surface area contributed by atoms with E-state index in [2.05, 4.69) is 20.4 Å². The van der Waals surface area contributed by atoms with Crippen molar-refractivity contribution in [3.63, 3.8) is 0 Å². The van der Waals surface area contributed by atoms with Crippen molar-refractivity contribution in [1.29, 1.82) is 0 Å². The standard InChI is InChI=1S/C14H17N5O4/c1-18-7-6-15-8-12(18)14-16-13(23-17-14)9-22-11-4-2-10(3-5-11)19(20)21/h2-5,12,15H,6-9H2,1H3. The molecule has 1 saturated heterocycles. The molecular weight excluding hydrogens is 302 g/mol. The van der Waals surface area contributed by atoms with Gasteiger partial charge < -0.3 is 14.6 Å². The van der Waals surface area contributed by atoms with Crippen LogP contribution in [0.5, 0.6) is 5.75 Å². The third kappa shape index (κ3) is 3.63. The molecular formula is C14H17N5O4. The first-order chi connectivity index (χ1) is 11.1. The topological polar surface area (TPSA) is 107 Å². The molecule has 0 aliphatic carbocycles. The van der Waals surface area contributed by atoms with E-state index in [0.717, 1.165) is 19.6 Å². The van der Waals surface area contributed by atoms with Crippen LogP contribution in [0.3, 0.4) is 0 Å². The Morgan fingerprint density at radius 2 is 2.26 bits per heavy atom. The summed E-state index contributed by atoms with van der Waals surface area (Å²) in [5.74, 6) is 1.51. The van der Waals surface area contributed by atoms with E-state index >= 15 is 0 Å². The SMILES string of the molecule is CN1CCNCC1c1noc(COc2ccc([N+](=O)[O-])cc2)n1. The molecule has 0 bridgehead atoms. The number of benzene rings is 1. The monoisotopic (exact) mass is 319 g/mol. The maximum absolute atomic E-state index is 10.6. The van der Waals surface area contributed by atoms with E-state index in [1.165, 1.54) is 24.3 Å². The highest BCUT2D eigenvalue weighted by molar-refractivity contribution is 5.35. The van der Waals surface area contributed by atoms with Crippen molar-refractivity contribution in [2.75, 3.05) is 26.7 Å². The molecule has 2 heterocycles. The Morgan fingerprint density at radius 1 is 1.48 bits per heavy atom. The second kappa shape index (κ2) is 6.71. The average Bonchev–Trinajstić information content (AvgIpc) is 3.02. The lowest BCUT2D eigenvalue weighted by molar-refractivity contribution is -0.384. The number of aromatic nitrogens is 2. The van der Waals surface area contributed by atoms with Crippen LogP contribution in [0.2, 0.25) is 0 Å². The lowest BCUT2D eigenvalue weighted by Gasteiger charge is -2.30. The van der Waals surface area contributed by atoms with Gasteiger partial charge in [-0.2, -0.15) is 4.98 Å². The van der Waals surface area contributed by atoms with Gasteiger partial charge in [-0.15, -0.1) is 0 Å². The highest BCUT2D eigenvalue weighted by atomic mass is 16.6. The quantitative estimate of drug-likeness (QED) is 0.645. The number of nitrogens with one attached hydrogen (secondary N) is 1. The van der Waals surface area contributed by atoms with E-state index in [1.54, 1.807) is 0 Å². The van der Waals surface area contributed by atoms with Gasteiger partial charge in [0.25, 0.3) is 11.6 Å². The fourth-order valence-corrected chi connectivity index (χ4v) is 2.37. The van der Waals surface area contributed by atoms with E-state index in [1.807, 2.05) is 7.05 Å². The normalized spacial score (nSPS) is 18.7. The molecule has 1 aliphatic heterocycles. The summed E-state index contributed by atoms with van der Waals surface area (Å²) in [7, 11) is 2.02. The van der Waals surface area contributed by atoms with E-state index in [-0.39, 0.29) is 18.3 Å². The Labute approximate surface area is 132 Å². The summed E-state index contributed by atoms with van der Waals surface area (Å²) >= 11 is 0. The van der Waals surface area contributed by atoms with E-state index in [0.29, 0.717) is 17.5 Å². The number of likely N-dealkylation sites (N-methyl/N-ethyl adjacent to an activating group) is 1. The zero-order chi connectivity index (χ0) is 16.2. The lowest BCUT2D eigenvalue weighted by Crippen LogP contribution is -2.44. The van der Waals surface area contributed by atoms with Gasteiger partial charge in [-0.05, 0) is 19.2 Å². The fourth-order valence-electron chi connectivity index (χ4n) is 2.37. The van der Waals surface area contributed by atoms with Crippen LogP contribution in [0.1, 0.15) is 17.8 Å². The van der Waals surface area contributed by atoms with Crippen LogP contribution in [0.15, 0.2) is 28.8 Å². The van der Waals surface area contributed by atoms with Crippen molar-refractivity contribution in [3.05, 3.63) is 46.1 Å². The zero-order valence-corrected chi connectivity index (χ0v) is 12.6. The maximum atomic E-state index is 10.6. The Bertz CT molecular complexity index is 672. The number of ether oxygens (including phenoxy) is 1. The minimum Gasteiger partial charge on any atom is -0.484 e. The van der Waals surface area contributed by atoms with Gasteiger partial charge in [-0.3, -0.25) is 15.0 Å². The summed E-state index contributed by atoms with van der Waals surface area (Å²) in [5.41, 5.74) is 0.0188. The number of hydrogen-bond acceptors (Lipinski definition) is 8. The Morgan fingerprint density at radius 3 is 2.96 bits per heavy atom. The molecule has 0 radical (unpaired) electrons. The minimum absolute atomic E-state index is 0.0188. The van der Waals surface area contributed by atoms with Gasteiger partial charge in [-0.1, -0.05) is 5.16 Å². The highest BCUT2D eigenvalue weighted by Crippen LogP contribution is 2.20. The second-order valence-electron chi connectivity index (χ2n) is 5.29. The summed E-state index contributed by atoms with van der Waals surface area (Å²) in [4.78, 5) is 16.7. The van der Waals surface area contributed by atoms with Crippen LogP contribution in [0.25, 0.3) is 0 Å². The van der Waals surface area contributed by atoms with Gasteiger partial charge in [0.15, 0.2) is 12.4 Å². The summed E-state index contributed by atoms with van der Waals surface area (Å²) in [6, 6.07) is 5.93. The van der Waals surface area contributed by atoms with Gasteiger partial charge >= 0.3 is 0 Å². The zero-order valence-electron chi connectivity index (χ0n) is 12.6. The fraction of sp³-hybridized carbons (Fsp3) is 0.429. The van der Waals surface area contributed by atoms with Crippen LogP contribution in [0.4, 0.5) is 5.69 Å². The van der Waals surface area contributed by atoms with Crippen LogP contribution in [0, 0.1) is 10.1 Å². The van der Waals surface area contributed by atoms with E-state index in [9.17, 15) is 10.1 Å². The molecule has 0 saturated carbocycles. The molecule has 1 aliphatic rings.